The van der Waals surface area contributed by atoms with Crippen LogP contribution in [0.2, 0.25) is 0 Å². The van der Waals surface area contributed by atoms with Crippen molar-refractivity contribution in [2.24, 2.45) is 0 Å². The van der Waals surface area contributed by atoms with E-state index in [1.807, 2.05) is 0 Å². The van der Waals surface area contributed by atoms with Gasteiger partial charge in [0.05, 0.1) is 0 Å². The summed E-state index contributed by atoms with van der Waals surface area (Å²) in [6.45, 7) is 1.91. The Balaban J connectivity index is 0.00000272. The fourth-order valence-electron chi connectivity index (χ4n) is 3.09. The van der Waals surface area contributed by atoms with Crippen molar-refractivity contribution in [1.82, 2.24) is 0 Å². The molecule has 0 unspecified atom stereocenters. The van der Waals surface area contributed by atoms with Crippen LogP contribution in [0.5, 0.6) is 0 Å². The summed E-state index contributed by atoms with van der Waals surface area (Å²) >= 11 is 0.238. The Labute approximate surface area is 236 Å². The fourth-order valence-corrected chi connectivity index (χ4v) is 6.68. The Kier molecular flexibility index (Phi) is 9.04. The Hall–Kier alpha value is 0.540. The first-order valence-electron chi connectivity index (χ1n) is 7.76. The predicted octanol–water partition coefficient (Wildman–Crippen LogP) is -1.93. The quantitative estimate of drug-likeness (QED) is 0.240. The van der Waals surface area contributed by atoms with E-state index in [0.29, 0.717) is 0 Å². The van der Waals surface area contributed by atoms with Gasteiger partial charge in [0.1, 0.15) is 28.7 Å². The van der Waals surface area contributed by atoms with Crippen LogP contribution in [-0.4, -0.2) is 43.7 Å². The molecule has 1 aliphatic carbocycles. The predicted molar refractivity (Wildman–Crippen MR) is 95.7 cm³/mol. The van der Waals surface area contributed by atoms with Crippen LogP contribution in [0.15, 0.2) is 20.6 Å². The Bertz CT molecular complexity index is 1240. The average molecular weight is 572 g/mol. The van der Waals surface area contributed by atoms with Gasteiger partial charge in [0, 0.05) is 20.9 Å². The molecule has 18 heteroatoms. The first kappa shape index (κ1) is 31.6. The van der Waals surface area contributed by atoms with E-state index >= 15 is 0 Å². The smallest absolute Gasteiger partial charge is 0.743 e. The molecule has 33 heavy (non-hydrogen) atoms. The maximum absolute atomic E-state index is 14.7. The van der Waals surface area contributed by atoms with Gasteiger partial charge in [0.25, 0.3) is 0 Å². The van der Waals surface area contributed by atoms with Crippen molar-refractivity contribution in [2.45, 2.75) is 40.0 Å². The zero-order valence-electron chi connectivity index (χ0n) is 17.0. The molecule has 2 aromatic rings. The molecule has 0 saturated carbocycles. The topological polar surface area (TPSA) is 114 Å². The van der Waals surface area contributed by atoms with Crippen LogP contribution in [0.25, 0.3) is 11.1 Å². The van der Waals surface area contributed by atoms with Crippen molar-refractivity contribution in [2.75, 3.05) is 0 Å². The Morgan fingerprint density at radius 3 is 1.18 bits per heavy atom. The van der Waals surface area contributed by atoms with Crippen molar-refractivity contribution >= 4 is 54.1 Å². The van der Waals surface area contributed by atoms with Gasteiger partial charge in [-0.15, -0.1) is 22.7 Å². The standard InChI is InChI=1S/C15H10F6O6S4.2Na/c1-5-7(3-9(28-5)30(22,23)24)11-12(14(18,19)15(20,21)13(11,16)17)8-4-10(29-6(8)2)31(25,26)27;;/h3-4H,1-2H3,(H,22,23,24)(H,25,26,27);;/q;2*+1/p-2. The molecule has 2 heterocycles. The summed E-state index contributed by atoms with van der Waals surface area (Å²) in [5.41, 5.74) is -5.98. The first-order valence-corrected chi connectivity index (χ1v) is 12.2. The van der Waals surface area contributed by atoms with Crippen molar-refractivity contribution in [3.05, 3.63) is 33.0 Å². The van der Waals surface area contributed by atoms with E-state index in [1.54, 1.807) is 0 Å². The van der Waals surface area contributed by atoms with Gasteiger partial charge in [0.2, 0.25) is 0 Å². The first-order chi connectivity index (χ1) is 13.7. The number of hydrogen-bond donors (Lipinski definition) is 0. The summed E-state index contributed by atoms with van der Waals surface area (Å²) in [6, 6.07) is 0.575. The van der Waals surface area contributed by atoms with Crippen LogP contribution in [0.4, 0.5) is 26.3 Å². The second-order valence-corrected chi connectivity index (χ2v) is 12.2. The molecular weight excluding hydrogens is 564 g/mol. The molecule has 0 aliphatic heterocycles. The summed E-state index contributed by atoms with van der Waals surface area (Å²) in [7, 11) is -10.5. The van der Waals surface area contributed by atoms with Crippen LogP contribution < -0.4 is 59.1 Å². The third-order valence-corrected chi connectivity index (χ3v) is 9.12. The molecule has 0 N–H and O–H groups in total. The Morgan fingerprint density at radius 2 is 0.970 bits per heavy atom. The molecule has 172 valence electrons. The van der Waals surface area contributed by atoms with Gasteiger partial charge in [-0.2, -0.15) is 26.3 Å². The molecule has 2 aromatic heterocycles. The fraction of sp³-hybridized carbons (Fsp3) is 0.333. The van der Waals surface area contributed by atoms with Crippen LogP contribution in [0.3, 0.4) is 0 Å². The molecule has 6 nitrogen and oxygen atoms in total. The van der Waals surface area contributed by atoms with Crippen molar-refractivity contribution in [3.8, 4) is 0 Å². The number of alkyl halides is 6. The van der Waals surface area contributed by atoms with Gasteiger partial charge in [-0.3, -0.25) is 0 Å². The largest absolute Gasteiger partial charge is 1.00 e. The van der Waals surface area contributed by atoms with Crippen molar-refractivity contribution in [3.63, 3.8) is 0 Å². The van der Waals surface area contributed by atoms with E-state index in [9.17, 15) is 52.3 Å². The number of allylic oxidation sites excluding steroid dienone is 2. The normalized spacial score (nSPS) is 19.2. The molecule has 0 aromatic carbocycles. The van der Waals surface area contributed by atoms with Crippen LogP contribution >= 0.6 is 22.7 Å². The van der Waals surface area contributed by atoms with Gasteiger partial charge in [-0.1, -0.05) is 0 Å². The average Bonchev–Trinajstić information content (AvgIpc) is 3.16. The second kappa shape index (κ2) is 9.45. The SMILES string of the molecule is Cc1sc(S(=O)(=O)[O-])cc1C1=C(c2cc(S(=O)(=O)[O-])sc2C)C(F)(F)C(F)(F)C1(F)F.[Na+].[Na+]. The minimum absolute atomic E-state index is 0. The number of hydrogen-bond acceptors (Lipinski definition) is 8. The summed E-state index contributed by atoms with van der Waals surface area (Å²) in [6.07, 6.45) is 0. The second-order valence-electron chi connectivity index (χ2n) is 6.45. The summed E-state index contributed by atoms with van der Waals surface area (Å²) < 4.78 is 152. The van der Waals surface area contributed by atoms with E-state index in [-0.39, 0.29) is 93.9 Å². The van der Waals surface area contributed by atoms with Crippen molar-refractivity contribution in [1.29, 1.82) is 0 Å². The van der Waals surface area contributed by atoms with Crippen LogP contribution in [0.1, 0.15) is 20.9 Å². The van der Waals surface area contributed by atoms with Gasteiger partial charge < -0.3 is 9.11 Å². The van der Waals surface area contributed by atoms with Crippen LogP contribution in [0, 0.1) is 13.8 Å². The monoisotopic (exact) mass is 572 g/mol. The molecule has 0 radical (unpaired) electrons. The van der Waals surface area contributed by atoms with E-state index in [0.717, 1.165) is 13.8 Å². The van der Waals surface area contributed by atoms with E-state index < -0.39 is 78.4 Å². The molecule has 0 bridgehead atoms. The van der Waals surface area contributed by atoms with Crippen molar-refractivity contribution < 1.29 is 111 Å². The molecule has 3 rings (SSSR count). The zero-order valence-corrected chi connectivity index (χ0v) is 24.3. The van der Waals surface area contributed by atoms with Gasteiger partial charge in [-0.05, 0) is 37.1 Å². The number of halogens is 6. The van der Waals surface area contributed by atoms with E-state index in [4.69, 9.17) is 0 Å². The summed E-state index contributed by atoms with van der Waals surface area (Å²) in [5, 5.41) is 0. The molecule has 0 fully saturated rings. The number of thiophene rings is 2. The Morgan fingerprint density at radius 1 is 0.697 bits per heavy atom. The molecular formula is C15H8F6Na2O6S4. The molecule has 0 atom stereocenters. The maximum Gasteiger partial charge on any atom is 1.00 e. The van der Waals surface area contributed by atoms with Gasteiger partial charge in [-0.25, -0.2) is 16.8 Å². The summed E-state index contributed by atoms with van der Waals surface area (Å²) in [4.78, 5) is -0.890. The number of aryl methyl sites for hydroxylation is 2. The third-order valence-electron chi connectivity index (χ3n) is 4.49. The van der Waals surface area contributed by atoms with E-state index in [1.165, 1.54) is 0 Å². The molecule has 0 saturated heterocycles. The minimum Gasteiger partial charge on any atom is -0.743 e. The molecule has 1 aliphatic rings. The maximum atomic E-state index is 14.7. The van der Waals surface area contributed by atoms with Gasteiger partial charge in [0.15, 0.2) is 0 Å². The summed E-state index contributed by atoms with van der Waals surface area (Å²) in [5.74, 6) is -17.1. The minimum atomic E-state index is -5.99. The molecule has 0 spiro atoms. The zero-order chi connectivity index (χ0) is 23.9. The van der Waals surface area contributed by atoms with Gasteiger partial charge >= 0.3 is 76.9 Å². The number of rotatable bonds is 4. The van der Waals surface area contributed by atoms with Crippen LogP contribution in [-0.2, 0) is 20.2 Å². The third kappa shape index (κ3) is 4.92. The molecule has 0 amide bonds. The van der Waals surface area contributed by atoms with E-state index in [2.05, 4.69) is 0 Å².